The molecule has 1 N–H and O–H groups in total. The average Bonchev–Trinajstić information content (AvgIpc) is 3.65. The number of aryl methyl sites for hydroxylation is 1. The maximum Gasteiger partial charge on any atom is 0.209 e. The summed E-state index contributed by atoms with van der Waals surface area (Å²) >= 11 is 0. The van der Waals surface area contributed by atoms with Crippen LogP contribution in [0.15, 0.2) is 36.4 Å². The Bertz CT molecular complexity index is 1110. The third-order valence-electron chi connectivity index (χ3n) is 7.36. The van der Waals surface area contributed by atoms with E-state index in [1.54, 1.807) is 0 Å². The lowest BCUT2D eigenvalue weighted by atomic mass is 10.0. The molecule has 2 aromatic heterocycles. The standard InChI is InChI=1S/C29H42N6O/c1-4-14-34(21-23-6-7-23)27-13-12-26-28(32-27)35(16-5-15-33-17-19-36-20-18-33)29(31-26)30-25-10-8-24(9-11-25)22(2)3/h8-13,22-23H,4-7,14-21H2,1-3H3,(H,30,31). The lowest BCUT2D eigenvalue weighted by Crippen LogP contribution is -2.37. The van der Waals surface area contributed by atoms with Crippen molar-refractivity contribution in [3.63, 3.8) is 0 Å². The third-order valence-corrected chi connectivity index (χ3v) is 7.36. The zero-order valence-corrected chi connectivity index (χ0v) is 22.2. The van der Waals surface area contributed by atoms with Gasteiger partial charge in [0.1, 0.15) is 11.3 Å². The van der Waals surface area contributed by atoms with Crippen LogP contribution >= 0.6 is 0 Å². The highest BCUT2D eigenvalue weighted by molar-refractivity contribution is 5.78. The van der Waals surface area contributed by atoms with E-state index in [4.69, 9.17) is 14.7 Å². The number of benzene rings is 1. The predicted octanol–water partition coefficient (Wildman–Crippen LogP) is 5.65. The first kappa shape index (κ1) is 25.0. The lowest BCUT2D eigenvalue weighted by Gasteiger charge is -2.26. The molecule has 0 atom stereocenters. The minimum atomic E-state index is 0.521. The van der Waals surface area contributed by atoms with E-state index in [1.807, 2.05) is 0 Å². The molecule has 1 aromatic carbocycles. The van der Waals surface area contributed by atoms with E-state index < -0.39 is 0 Å². The Hall–Kier alpha value is -2.64. The molecule has 36 heavy (non-hydrogen) atoms. The van der Waals surface area contributed by atoms with E-state index in [2.05, 4.69) is 76.9 Å². The number of pyridine rings is 1. The normalized spacial score (nSPS) is 16.7. The first-order valence-electron chi connectivity index (χ1n) is 13.9. The van der Waals surface area contributed by atoms with Crippen molar-refractivity contribution >= 4 is 28.6 Å². The number of rotatable bonds is 12. The largest absolute Gasteiger partial charge is 0.379 e. The molecule has 1 saturated carbocycles. The van der Waals surface area contributed by atoms with Crippen LogP contribution in [-0.2, 0) is 11.3 Å². The van der Waals surface area contributed by atoms with Gasteiger partial charge < -0.3 is 15.0 Å². The molecule has 1 aliphatic heterocycles. The molecule has 5 rings (SSSR count). The van der Waals surface area contributed by atoms with Crippen LogP contribution in [0.4, 0.5) is 17.5 Å². The highest BCUT2D eigenvalue weighted by atomic mass is 16.5. The summed E-state index contributed by atoms with van der Waals surface area (Å²) in [6.45, 7) is 14.5. The summed E-state index contributed by atoms with van der Waals surface area (Å²) in [5.74, 6) is 3.31. The Kier molecular flexibility index (Phi) is 8.07. The Balaban J connectivity index is 1.41. The average molecular weight is 491 g/mol. The second kappa shape index (κ2) is 11.6. The number of nitrogens with zero attached hydrogens (tertiary/aromatic N) is 5. The van der Waals surface area contributed by atoms with Gasteiger partial charge in [-0.15, -0.1) is 0 Å². The van der Waals surface area contributed by atoms with Crippen LogP contribution in [0.25, 0.3) is 11.2 Å². The third kappa shape index (κ3) is 6.19. The Morgan fingerprint density at radius 1 is 1.03 bits per heavy atom. The monoisotopic (exact) mass is 490 g/mol. The number of morpholine rings is 1. The molecule has 3 heterocycles. The number of imidazole rings is 1. The van der Waals surface area contributed by atoms with Gasteiger partial charge in [0.2, 0.25) is 5.95 Å². The fourth-order valence-electron chi connectivity index (χ4n) is 5.01. The number of aromatic nitrogens is 3. The molecule has 3 aromatic rings. The summed E-state index contributed by atoms with van der Waals surface area (Å²) in [5, 5.41) is 3.60. The van der Waals surface area contributed by atoms with Crippen LogP contribution in [-0.4, -0.2) is 65.4 Å². The first-order valence-corrected chi connectivity index (χ1v) is 13.9. The summed E-state index contributed by atoms with van der Waals surface area (Å²) in [7, 11) is 0. The highest BCUT2D eigenvalue weighted by Crippen LogP contribution is 2.32. The fraction of sp³-hybridized carbons (Fsp3) is 0.586. The summed E-state index contributed by atoms with van der Waals surface area (Å²) in [5.41, 5.74) is 4.34. The molecule has 0 amide bonds. The molecule has 0 radical (unpaired) electrons. The van der Waals surface area contributed by atoms with Crippen LogP contribution in [0.3, 0.4) is 0 Å². The number of anilines is 3. The van der Waals surface area contributed by atoms with Gasteiger partial charge in [0, 0.05) is 45.0 Å². The number of hydrogen-bond donors (Lipinski definition) is 1. The quantitative estimate of drug-likeness (QED) is 0.354. The molecule has 2 aliphatic rings. The van der Waals surface area contributed by atoms with Crippen LogP contribution in [0.1, 0.15) is 57.9 Å². The molecular formula is C29H42N6O. The Morgan fingerprint density at radius 2 is 1.81 bits per heavy atom. The van der Waals surface area contributed by atoms with Gasteiger partial charge in [0.25, 0.3) is 0 Å². The number of fused-ring (bicyclic) bond motifs is 1. The molecule has 194 valence electrons. The molecule has 7 nitrogen and oxygen atoms in total. The van der Waals surface area contributed by atoms with Gasteiger partial charge in [-0.05, 0) is 67.3 Å². The summed E-state index contributed by atoms with van der Waals surface area (Å²) < 4.78 is 7.81. The zero-order chi connectivity index (χ0) is 24.9. The number of nitrogens with one attached hydrogen (secondary N) is 1. The Labute approximate surface area is 215 Å². The van der Waals surface area contributed by atoms with E-state index in [0.29, 0.717) is 5.92 Å². The number of hydrogen-bond acceptors (Lipinski definition) is 6. The molecule has 2 fully saturated rings. The minimum Gasteiger partial charge on any atom is -0.379 e. The minimum absolute atomic E-state index is 0.521. The second-order valence-corrected chi connectivity index (χ2v) is 10.7. The molecule has 1 aliphatic carbocycles. The SMILES string of the molecule is CCCN(CC1CC1)c1ccc2nc(Nc3ccc(C(C)C)cc3)n(CCCN3CCOCC3)c2n1. The van der Waals surface area contributed by atoms with Crippen molar-refractivity contribution in [3.8, 4) is 0 Å². The van der Waals surface area contributed by atoms with Crippen molar-refractivity contribution in [3.05, 3.63) is 42.0 Å². The topological polar surface area (TPSA) is 58.5 Å². The van der Waals surface area contributed by atoms with Gasteiger partial charge >= 0.3 is 0 Å². The first-order chi connectivity index (χ1) is 17.6. The summed E-state index contributed by atoms with van der Waals surface area (Å²) in [4.78, 5) is 15.2. The van der Waals surface area contributed by atoms with E-state index >= 15 is 0 Å². The van der Waals surface area contributed by atoms with Crippen molar-refractivity contribution in [2.75, 3.05) is 56.2 Å². The fourth-order valence-corrected chi connectivity index (χ4v) is 5.01. The number of ether oxygens (including phenoxy) is 1. The van der Waals surface area contributed by atoms with Gasteiger partial charge in [-0.25, -0.2) is 9.97 Å². The van der Waals surface area contributed by atoms with Gasteiger partial charge in [-0.2, -0.15) is 0 Å². The van der Waals surface area contributed by atoms with Gasteiger partial charge in [-0.1, -0.05) is 32.9 Å². The molecule has 1 saturated heterocycles. The van der Waals surface area contributed by atoms with E-state index in [0.717, 1.165) is 99.9 Å². The maximum atomic E-state index is 5.52. The summed E-state index contributed by atoms with van der Waals surface area (Å²) in [6, 6.07) is 13.0. The van der Waals surface area contributed by atoms with Crippen LogP contribution in [0, 0.1) is 5.92 Å². The van der Waals surface area contributed by atoms with E-state index in [9.17, 15) is 0 Å². The molecule has 0 spiro atoms. The van der Waals surface area contributed by atoms with Gasteiger partial charge in [-0.3, -0.25) is 9.47 Å². The van der Waals surface area contributed by atoms with Gasteiger partial charge in [0.05, 0.1) is 13.2 Å². The molecule has 0 unspecified atom stereocenters. The van der Waals surface area contributed by atoms with Gasteiger partial charge in [0.15, 0.2) is 5.65 Å². The van der Waals surface area contributed by atoms with Crippen LogP contribution in [0.5, 0.6) is 0 Å². The van der Waals surface area contributed by atoms with Crippen molar-refractivity contribution < 1.29 is 4.74 Å². The van der Waals surface area contributed by atoms with E-state index in [-0.39, 0.29) is 0 Å². The van der Waals surface area contributed by atoms with Crippen LogP contribution < -0.4 is 10.2 Å². The zero-order valence-electron chi connectivity index (χ0n) is 22.2. The molecule has 0 bridgehead atoms. The lowest BCUT2D eigenvalue weighted by molar-refractivity contribution is 0.0370. The molecular weight excluding hydrogens is 448 g/mol. The second-order valence-electron chi connectivity index (χ2n) is 10.7. The van der Waals surface area contributed by atoms with Crippen molar-refractivity contribution in [2.24, 2.45) is 5.92 Å². The smallest absolute Gasteiger partial charge is 0.209 e. The summed E-state index contributed by atoms with van der Waals surface area (Å²) in [6.07, 6.45) is 4.89. The highest BCUT2D eigenvalue weighted by Gasteiger charge is 2.25. The molecule has 7 heteroatoms. The van der Waals surface area contributed by atoms with E-state index in [1.165, 1.54) is 18.4 Å². The van der Waals surface area contributed by atoms with Crippen molar-refractivity contribution in [2.45, 2.75) is 58.9 Å². The van der Waals surface area contributed by atoms with Crippen molar-refractivity contribution in [1.29, 1.82) is 0 Å². The van der Waals surface area contributed by atoms with Crippen LogP contribution in [0.2, 0.25) is 0 Å². The van der Waals surface area contributed by atoms with Crippen molar-refractivity contribution in [1.82, 2.24) is 19.4 Å². The maximum absolute atomic E-state index is 5.52. The predicted molar refractivity (Wildman–Crippen MR) is 148 cm³/mol. The Morgan fingerprint density at radius 3 is 2.50 bits per heavy atom.